The van der Waals surface area contributed by atoms with Gasteiger partial charge in [-0.15, -0.1) is 0 Å². The highest BCUT2D eigenvalue weighted by atomic mass is 35.5. The minimum atomic E-state index is -4.31. The number of benzene rings is 3. The Morgan fingerprint density at radius 2 is 1.49 bits per heavy atom. The second-order valence-electron chi connectivity index (χ2n) is 10.3. The molecule has 1 aliphatic carbocycles. The highest BCUT2D eigenvalue weighted by Gasteiger charge is 2.33. The second kappa shape index (κ2) is 14.3. The van der Waals surface area contributed by atoms with Gasteiger partial charge in [-0.05, 0) is 73.9 Å². The van der Waals surface area contributed by atoms with Gasteiger partial charge in [0.1, 0.15) is 12.6 Å². The molecule has 12 heteroatoms. The molecule has 1 atom stereocenters. The van der Waals surface area contributed by atoms with Crippen molar-refractivity contribution in [3.63, 3.8) is 0 Å². The average molecular weight is 649 g/mol. The van der Waals surface area contributed by atoms with E-state index in [1.165, 1.54) is 49.5 Å². The lowest BCUT2D eigenvalue weighted by Crippen LogP contribution is -2.52. The Kier molecular flexibility index (Phi) is 10.8. The van der Waals surface area contributed by atoms with Crippen molar-refractivity contribution in [3.8, 4) is 11.5 Å². The van der Waals surface area contributed by atoms with Crippen molar-refractivity contribution in [2.45, 2.75) is 56.1 Å². The van der Waals surface area contributed by atoms with Crippen LogP contribution < -0.4 is 19.1 Å². The summed E-state index contributed by atoms with van der Waals surface area (Å²) in [5.74, 6) is -0.294. The summed E-state index contributed by atoms with van der Waals surface area (Å²) in [6, 6.07) is 16.4. The van der Waals surface area contributed by atoms with Crippen LogP contribution in [0, 0.1) is 0 Å². The van der Waals surface area contributed by atoms with Crippen molar-refractivity contribution in [3.05, 3.63) is 82.3 Å². The van der Waals surface area contributed by atoms with Crippen LogP contribution in [0.1, 0.15) is 38.2 Å². The van der Waals surface area contributed by atoms with E-state index in [2.05, 4.69) is 5.32 Å². The molecule has 2 amide bonds. The third-order valence-corrected chi connectivity index (χ3v) is 9.75. The Morgan fingerprint density at radius 1 is 0.907 bits per heavy atom. The molecular weight excluding hydrogens is 613 g/mol. The maximum absolute atomic E-state index is 14.1. The molecule has 0 spiro atoms. The van der Waals surface area contributed by atoms with E-state index in [4.69, 9.17) is 32.7 Å². The van der Waals surface area contributed by atoms with Crippen molar-refractivity contribution in [1.29, 1.82) is 0 Å². The van der Waals surface area contributed by atoms with Crippen LogP contribution >= 0.6 is 23.2 Å². The van der Waals surface area contributed by atoms with Gasteiger partial charge < -0.3 is 19.7 Å². The zero-order chi connectivity index (χ0) is 31.1. The molecule has 0 radical (unpaired) electrons. The first kappa shape index (κ1) is 32.4. The largest absolute Gasteiger partial charge is 0.493 e. The molecular formula is C31H35Cl2N3O6S. The summed E-state index contributed by atoms with van der Waals surface area (Å²) < 4.78 is 39.8. The number of rotatable bonds is 12. The van der Waals surface area contributed by atoms with Gasteiger partial charge in [0.2, 0.25) is 11.8 Å². The summed E-state index contributed by atoms with van der Waals surface area (Å²) >= 11 is 12.2. The zero-order valence-electron chi connectivity index (χ0n) is 24.3. The molecule has 3 aromatic rings. The number of hydrogen-bond donors (Lipinski definition) is 1. The van der Waals surface area contributed by atoms with Crippen LogP contribution in [-0.2, 0) is 26.2 Å². The molecule has 1 fully saturated rings. The van der Waals surface area contributed by atoms with Gasteiger partial charge >= 0.3 is 0 Å². The molecule has 3 aromatic carbocycles. The number of nitrogens with zero attached hydrogens (tertiary/aromatic N) is 2. The summed E-state index contributed by atoms with van der Waals surface area (Å²) in [5, 5.41) is 3.99. The van der Waals surface area contributed by atoms with E-state index in [9.17, 15) is 18.0 Å². The Bertz CT molecular complexity index is 1530. The van der Waals surface area contributed by atoms with E-state index in [1.54, 1.807) is 43.3 Å². The third-order valence-electron chi connectivity index (χ3n) is 7.47. The lowest BCUT2D eigenvalue weighted by molar-refractivity contribution is -0.139. The average Bonchev–Trinajstić information content (AvgIpc) is 3.52. The lowest BCUT2D eigenvalue weighted by Gasteiger charge is -2.32. The van der Waals surface area contributed by atoms with Crippen molar-refractivity contribution in [2.75, 3.05) is 25.1 Å². The predicted molar refractivity (Wildman–Crippen MR) is 167 cm³/mol. The maximum atomic E-state index is 14.1. The Labute approximate surface area is 262 Å². The molecule has 4 rings (SSSR count). The first-order valence-corrected chi connectivity index (χ1v) is 16.1. The molecule has 0 aliphatic heterocycles. The first-order chi connectivity index (χ1) is 20.5. The number of carbonyl (C=O) groups excluding carboxylic acids is 2. The fraction of sp³-hybridized carbons (Fsp3) is 0.355. The molecule has 0 heterocycles. The van der Waals surface area contributed by atoms with Gasteiger partial charge in [0.15, 0.2) is 11.5 Å². The van der Waals surface area contributed by atoms with Crippen molar-refractivity contribution < 1.29 is 27.5 Å². The Hall–Kier alpha value is -3.47. The quantitative estimate of drug-likeness (QED) is 0.271. The minimum Gasteiger partial charge on any atom is -0.493 e. The van der Waals surface area contributed by atoms with Gasteiger partial charge in [-0.3, -0.25) is 13.9 Å². The summed E-state index contributed by atoms with van der Waals surface area (Å²) in [7, 11) is -1.45. The minimum absolute atomic E-state index is 0.0541. The highest BCUT2D eigenvalue weighted by Crippen LogP contribution is 2.33. The van der Waals surface area contributed by atoms with Crippen molar-refractivity contribution in [1.82, 2.24) is 10.2 Å². The number of amides is 2. The predicted octanol–water partition coefficient (Wildman–Crippen LogP) is 5.68. The molecule has 1 saturated carbocycles. The topological polar surface area (TPSA) is 105 Å². The number of anilines is 1. The van der Waals surface area contributed by atoms with Crippen LogP contribution in [0.2, 0.25) is 10.0 Å². The summed E-state index contributed by atoms with van der Waals surface area (Å²) in [5.41, 5.74) is 0.959. The van der Waals surface area contributed by atoms with Crippen LogP contribution in [0.15, 0.2) is 71.6 Å². The number of ether oxygens (including phenoxy) is 2. The van der Waals surface area contributed by atoms with Crippen LogP contribution in [0.3, 0.4) is 0 Å². The van der Waals surface area contributed by atoms with Gasteiger partial charge in [0.05, 0.1) is 24.8 Å². The summed E-state index contributed by atoms with van der Waals surface area (Å²) in [6.45, 7) is 1.14. The fourth-order valence-electron chi connectivity index (χ4n) is 5.00. The SMILES string of the molecule is COc1ccc(S(=O)(=O)N(CC(=O)N(Cc2ccc(Cl)cc2)[C@H](C)C(=O)NC2CCCC2)c2ccc(Cl)cc2)cc1OC. The maximum Gasteiger partial charge on any atom is 0.264 e. The van der Waals surface area contributed by atoms with E-state index < -0.39 is 28.5 Å². The molecule has 230 valence electrons. The molecule has 0 aromatic heterocycles. The molecule has 0 unspecified atom stereocenters. The standard InChI is InChI=1S/C31H35Cl2N3O6S/c1-21(31(38)34-25-6-4-5-7-25)35(19-22-8-10-23(32)11-9-22)30(37)20-36(26-14-12-24(33)13-15-26)43(39,40)27-16-17-28(41-2)29(18-27)42-3/h8-18,21,25H,4-7,19-20H2,1-3H3,(H,34,38)/t21-/m1/s1. The van der Waals surface area contributed by atoms with Crippen molar-refractivity contribution in [2.24, 2.45) is 0 Å². The zero-order valence-corrected chi connectivity index (χ0v) is 26.6. The Morgan fingerprint density at radius 3 is 2.07 bits per heavy atom. The van der Waals surface area contributed by atoms with Crippen LogP contribution in [-0.4, -0.2) is 58.0 Å². The summed E-state index contributed by atoms with van der Waals surface area (Å²) in [6.07, 6.45) is 3.85. The van der Waals surface area contributed by atoms with Gasteiger partial charge in [0.25, 0.3) is 10.0 Å². The van der Waals surface area contributed by atoms with Gasteiger partial charge in [-0.2, -0.15) is 0 Å². The monoisotopic (exact) mass is 647 g/mol. The molecule has 0 saturated heterocycles. The van der Waals surface area contributed by atoms with Crippen molar-refractivity contribution >= 4 is 50.7 Å². The molecule has 0 bridgehead atoms. The number of nitrogens with one attached hydrogen (secondary N) is 1. The molecule has 1 N–H and O–H groups in total. The third kappa shape index (κ3) is 7.93. The number of sulfonamides is 1. The van der Waals surface area contributed by atoms with E-state index in [0.717, 1.165) is 35.6 Å². The van der Waals surface area contributed by atoms with E-state index in [0.29, 0.717) is 15.8 Å². The molecule has 43 heavy (non-hydrogen) atoms. The number of carbonyl (C=O) groups is 2. The second-order valence-corrected chi connectivity index (χ2v) is 13.1. The normalized spacial score (nSPS) is 14.2. The highest BCUT2D eigenvalue weighted by molar-refractivity contribution is 7.92. The number of hydrogen-bond acceptors (Lipinski definition) is 6. The number of methoxy groups -OCH3 is 2. The lowest BCUT2D eigenvalue weighted by atomic mass is 10.1. The van der Waals surface area contributed by atoms with Crippen LogP contribution in [0.25, 0.3) is 0 Å². The van der Waals surface area contributed by atoms with Gasteiger partial charge in [0, 0.05) is 28.7 Å². The molecule has 1 aliphatic rings. The molecule has 9 nitrogen and oxygen atoms in total. The van der Waals surface area contributed by atoms with E-state index in [1.807, 2.05) is 0 Å². The van der Waals surface area contributed by atoms with Crippen LogP contribution in [0.5, 0.6) is 11.5 Å². The van der Waals surface area contributed by atoms with E-state index >= 15 is 0 Å². The first-order valence-electron chi connectivity index (χ1n) is 13.9. The Balaban J connectivity index is 1.71. The van der Waals surface area contributed by atoms with Gasteiger partial charge in [-0.1, -0.05) is 48.2 Å². The summed E-state index contributed by atoms with van der Waals surface area (Å²) in [4.78, 5) is 28.7. The number of halogens is 2. The smallest absolute Gasteiger partial charge is 0.264 e. The van der Waals surface area contributed by atoms with Gasteiger partial charge in [-0.25, -0.2) is 8.42 Å². The van der Waals surface area contributed by atoms with E-state index in [-0.39, 0.29) is 34.8 Å². The van der Waals surface area contributed by atoms with Crippen LogP contribution in [0.4, 0.5) is 5.69 Å². The fourth-order valence-corrected chi connectivity index (χ4v) is 6.68.